The molecule has 2 aliphatic carbocycles. The summed E-state index contributed by atoms with van der Waals surface area (Å²) >= 11 is 0. The topological polar surface area (TPSA) is 71.3 Å². The van der Waals surface area contributed by atoms with Crippen molar-refractivity contribution in [3.05, 3.63) is 41.5 Å². The number of benzene rings is 1. The summed E-state index contributed by atoms with van der Waals surface area (Å²) in [6.07, 6.45) is 5.77. The van der Waals surface area contributed by atoms with Crippen LogP contribution in [0.2, 0.25) is 0 Å². The van der Waals surface area contributed by atoms with Crippen molar-refractivity contribution in [3.8, 4) is 0 Å². The van der Waals surface area contributed by atoms with Crippen LogP contribution in [0.3, 0.4) is 0 Å². The second kappa shape index (κ2) is 6.57. The van der Waals surface area contributed by atoms with Gasteiger partial charge < -0.3 is 14.6 Å². The highest BCUT2D eigenvalue weighted by Crippen LogP contribution is 2.54. The average molecular weight is 384 g/mol. The zero-order valence-electron chi connectivity index (χ0n) is 16.0. The third-order valence-corrected chi connectivity index (χ3v) is 6.63. The predicted molar refractivity (Wildman–Crippen MR) is 101 cm³/mol. The first-order chi connectivity index (χ1) is 13.5. The highest BCUT2D eigenvalue weighted by molar-refractivity contribution is 5.83. The second-order valence-electron chi connectivity index (χ2n) is 8.64. The highest BCUT2D eigenvalue weighted by Gasteiger charge is 2.46. The minimum atomic E-state index is -0.403. The van der Waals surface area contributed by atoms with Crippen molar-refractivity contribution in [2.75, 3.05) is 18.4 Å². The van der Waals surface area contributed by atoms with Crippen LogP contribution >= 0.6 is 0 Å². The van der Waals surface area contributed by atoms with Gasteiger partial charge >= 0.3 is 6.01 Å². The first-order valence-corrected chi connectivity index (χ1v) is 10.2. The smallest absolute Gasteiger partial charge is 0.316 e. The third kappa shape index (κ3) is 3.38. The van der Waals surface area contributed by atoms with E-state index < -0.39 is 6.04 Å². The molecule has 148 valence electrons. The summed E-state index contributed by atoms with van der Waals surface area (Å²) in [5.74, 6) is 0.733. The Hall–Kier alpha value is -2.44. The van der Waals surface area contributed by atoms with Crippen molar-refractivity contribution in [1.29, 1.82) is 0 Å². The quantitative estimate of drug-likeness (QED) is 0.851. The van der Waals surface area contributed by atoms with Crippen molar-refractivity contribution in [3.63, 3.8) is 0 Å². The Balaban J connectivity index is 1.17. The lowest BCUT2D eigenvalue weighted by molar-refractivity contribution is -0.133. The molecule has 1 saturated heterocycles. The molecule has 0 unspecified atom stereocenters. The number of rotatable bonds is 5. The number of carbonyl (C=O) groups is 1. The fourth-order valence-electron chi connectivity index (χ4n) is 4.42. The number of piperidine rings is 1. The van der Waals surface area contributed by atoms with E-state index in [0.29, 0.717) is 11.3 Å². The summed E-state index contributed by atoms with van der Waals surface area (Å²) in [6, 6.07) is 6.52. The van der Waals surface area contributed by atoms with Gasteiger partial charge in [0, 0.05) is 19.0 Å². The molecule has 0 bridgehead atoms. The molecule has 5 rings (SSSR count). The van der Waals surface area contributed by atoms with Gasteiger partial charge in [-0.1, -0.05) is 17.2 Å². The lowest BCUT2D eigenvalue weighted by atomic mass is 9.93. The van der Waals surface area contributed by atoms with Crippen molar-refractivity contribution < 1.29 is 13.6 Å². The van der Waals surface area contributed by atoms with Crippen LogP contribution in [-0.4, -0.2) is 40.1 Å². The molecule has 2 heterocycles. The number of anilines is 1. The van der Waals surface area contributed by atoms with Crippen LogP contribution in [0.25, 0.3) is 0 Å². The molecule has 1 spiro atoms. The molecular weight excluding hydrogens is 359 g/mol. The average Bonchev–Trinajstić information content (AvgIpc) is 3.61. The van der Waals surface area contributed by atoms with Crippen LogP contribution in [0.4, 0.5) is 10.4 Å². The number of nitrogens with zero attached hydrogens (tertiary/aromatic N) is 3. The van der Waals surface area contributed by atoms with Crippen LogP contribution in [0.1, 0.15) is 62.3 Å². The number of nitrogens with one attached hydrogen (secondary N) is 1. The van der Waals surface area contributed by atoms with Crippen molar-refractivity contribution in [2.45, 2.75) is 56.9 Å². The van der Waals surface area contributed by atoms with Gasteiger partial charge in [0.1, 0.15) is 11.9 Å². The van der Waals surface area contributed by atoms with Crippen LogP contribution in [0, 0.1) is 11.2 Å². The van der Waals surface area contributed by atoms with E-state index in [1.807, 2.05) is 17.9 Å². The zero-order chi connectivity index (χ0) is 19.3. The second-order valence-corrected chi connectivity index (χ2v) is 8.64. The SMILES string of the molecule is C[C@@H](Nc1nnc([C@H]2C[C@@H]2c2cccc(F)c2)o1)C(=O)N1CCC2(CC1)CC2. The molecule has 1 aromatic carbocycles. The van der Waals surface area contributed by atoms with E-state index in [1.165, 1.54) is 18.9 Å². The van der Waals surface area contributed by atoms with Crippen molar-refractivity contribution >= 4 is 11.9 Å². The third-order valence-electron chi connectivity index (χ3n) is 6.63. The van der Waals surface area contributed by atoms with Gasteiger partial charge in [0.2, 0.25) is 11.8 Å². The number of halogens is 1. The van der Waals surface area contributed by atoms with Gasteiger partial charge in [-0.15, -0.1) is 5.10 Å². The number of aromatic nitrogens is 2. The number of likely N-dealkylation sites (tertiary alicyclic amines) is 1. The predicted octanol–water partition coefficient (Wildman–Crippen LogP) is 3.68. The van der Waals surface area contributed by atoms with E-state index in [-0.39, 0.29) is 29.6 Å². The van der Waals surface area contributed by atoms with Gasteiger partial charge in [-0.25, -0.2) is 4.39 Å². The maximum absolute atomic E-state index is 13.4. The van der Waals surface area contributed by atoms with E-state index in [2.05, 4.69) is 15.5 Å². The first kappa shape index (κ1) is 17.6. The Morgan fingerprint density at radius 3 is 2.75 bits per heavy atom. The molecule has 2 aromatic rings. The molecular formula is C21H25FN4O2. The molecule has 1 N–H and O–H groups in total. The van der Waals surface area contributed by atoms with E-state index in [9.17, 15) is 9.18 Å². The van der Waals surface area contributed by atoms with E-state index in [1.54, 1.807) is 12.1 Å². The first-order valence-electron chi connectivity index (χ1n) is 10.2. The van der Waals surface area contributed by atoms with Crippen LogP contribution in [-0.2, 0) is 4.79 Å². The maximum atomic E-state index is 13.4. The molecule has 7 heteroatoms. The summed E-state index contributed by atoms with van der Waals surface area (Å²) in [5.41, 5.74) is 1.51. The Morgan fingerprint density at radius 1 is 1.25 bits per heavy atom. The Labute approximate surface area is 163 Å². The molecule has 3 atom stereocenters. The minimum Gasteiger partial charge on any atom is -0.408 e. The highest BCUT2D eigenvalue weighted by atomic mass is 19.1. The van der Waals surface area contributed by atoms with Crippen molar-refractivity contribution in [1.82, 2.24) is 15.1 Å². The van der Waals surface area contributed by atoms with Gasteiger partial charge in [0.05, 0.1) is 0 Å². The zero-order valence-corrected chi connectivity index (χ0v) is 16.0. The largest absolute Gasteiger partial charge is 0.408 e. The molecule has 0 radical (unpaired) electrons. The Kier molecular flexibility index (Phi) is 4.14. The van der Waals surface area contributed by atoms with Crippen LogP contribution < -0.4 is 5.32 Å². The molecule has 6 nitrogen and oxygen atoms in total. The normalized spacial score (nSPS) is 26.1. The molecule has 3 fully saturated rings. The summed E-state index contributed by atoms with van der Waals surface area (Å²) in [5, 5.41) is 11.2. The summed E-state index contributed by atoms with van der Waals surface area (Å²) < 4.78 is 19.2. The van der Waals surface area contributed by atoms with Gasteiger partial charge in [-0.05, 0) is 68.1 Å². The number of amides is 1. The molecule has 1 aliphatic heterocycles. The van der Waals surface area contributed by atoms with Crippen molar-refractivity contribution in [2.24, 2.45) is 5.41 Å². The number of hydrogen-bond acceptors (Lipinski definition) is 5. The monoisotopic (exact) mass is 384 g/mol. The standard InChI is InChI=1S/C21H25FN4O2/c1-13(19(27)26-9-7-21(5-6-21)8-10-26)23-20-25-24-18(28-20)17-12-16(17)14-3-2-4-15(22)11-14/h2-4,11,13,16-17H,5-10,12H2,1H3,(H,23,25)/t13-,16-,17+/m1/s1. The van der Waals surface area contributed by atoms with Crippen LogP contribution in [0.15, 0.2) is 28.7 Å². The van der Waals surface area contributed by atoms with Gasteiger partial charge in [-0.2, -0.15) is 0 Å². The Morgan fingerprint density at radius 2 is 2.04 bits per heavy atom. The molecule has 1 amide bonds. The van der Waals surface area contributed by atoms with E-state index in [0.717, 1.165) is 37.9 Å². The lowest BCUT2D eigenvalue weighted by Gasteiger charge is -2.33. The summed E-state index contributed by atoms with van der Waals surface area (Å²) in [4.78, 5) is 14.6. The van der Waals surface area contributed by atoms with Gasteiger partial charge in [0.25, 0.3) is 0 Å². The Bertz CT molecular complexity index is 884. The molecule has 1 aromatic heterocycles. The van der Waals surface area contributed by atoms with E-state index >= 15 is 0 Å². The summed E-state index contributed by atoms with van der Waals surface area (Å²) in [6.45, 7) is 3.52. The number of hydrogen-bond donors (Lipinski definition) is 1. The molecule has 3 aliphatic rings. The fourth-order valence-corrected chi connectivity index (χ4v) is 4.42. The minimum absolute atomic E-state index is 0.0827. The lowest BCUT2D eigenvalue weighted by Crippen LogP contribution is -2.45. The maximum Gasteiger partial charge on any atom is 0.316 e. The van der Waals surface area contributed by atoms with E-state index in [4.69, 9.17) is 4.42 Å². The number of carbonyl (C=O) groups excluding carboxylic acids is 1. The molecule has 28 heavy (non-hydrogen) atoms. The summed E-state index contributed by atoms with van der Waals surface area (Å²) in [7, 11) is 0. The van der Waals surface area contributed by atoms with Gasteiger partial charge in [-0.3, -0.25) is 4.79 Å². The van der Waals surface area contributed by atoms with Crippen LogP contribution in [0.5, 0.6) is 0 Å². The van der Waals surface area contributed by atoms with Gasteiger partial charge in [0.15, 0.2) is 0 Å². The fraction of sp³-hybridized carbons (Fsp3) is 0.571. The molecule has 2 saturated carbocycles.